The Morgan fingerprint density at radius 2 is 1.71 bits per heavy atom. The Kier molecular flexibility index (Phi) is 2.92. The minimum absolute atomic E-state index is 0.961. The third kappa shape index (κ3) is 1.92. The van der Waals surface area contributed by atoms with Crippen molar-refractivity contribution in [3.8, 4) is 16.9 Å². The largest absolute Gasteiger partial charge is 0.496 e. The fraction of sp³-hybridized carbons (Fsp3) is 0.200. The molecular formula is C20H18O. The summed E-state index contributed by atoms with van der Waals surface area (Å²) >= 11 is 0. The molecule has 0 aliphatic heterocycles. The Morgan fingerprint density at radius 3 is 2.62 bits per heavy atom. The summed E-state index contributed by atoms with van der Waals surface area (Å²) in [5.74, 6) is 0.961. The van der Waals surface area contributed by atoms with Crippen LogP contribution in [0.25, 0.3) is 21.9 Å². The van der Waals surface area contributed by atoms with E-state index in [1.54, 1.807) is 7.11 Å². The Labute approximate surface area is 125 Å². The van der Waals surface area contributed by atoms with Crippen LogP contribution < -0.4 is 4.74 Å². The average Bonchev–Trinajstić information content (AvgIpc) is 3.00. The molecule has 0 heterocycles. The predicted molar refractivity (Wildman–Crippen MR) is 88.0 cm³/mol. The van der Waals surface area contributed by atoms with Crippen molar-refractivity contribution in [2.24, 2.45) is 0 Å². The maximum absolute atomic E-state index is 5.61. The second-order valence-electron chi connectivity index (χ2n) is 5.66. The van der Waals surface area contributed by atoms with Gasteiger partial charge in [-0.25, -0.2) is 0 Å². The van der Waals surface area contributed by atoms with Gasteiger partial charge in [-0.2, -0.15) is 0 Å². The molecule has 0 bridgehead atoms. The lowest BCUT2D eigenvalue weighted by atomic mass is 9.90. The SMILES string of the molecule is COc1ccccc1-c1c2c(cc3ccccc13)CCC2. The van der Waals surface area contributed by atoms with Crippen molar-refractivity contribution in [1.29, 1.82) is 0 Å². The summed E-state index contributed by atoms with van der Waals surface area (Å²) in [6.45, 7) is 0. The van der Waals surface area contributed by atoms with Crippen molar-refractivity contribution in [3.05, 3.63) is 65.7 Å². The van der Waals surface area contributed by atoms with Crippen LogP contribution in [0.15, 0.2) is 54.6 Å². The molecule has 1 aliphatic carbocycles. The highest BCUT2D eigenvalue weighted by molar-refractivity contribution is 6.00. The summed E-state index contributed by atoms with van der Waals surface area (Å²) in [4.78, 5) is 0. The molecule has 0 saturated carbocycles. The lowest BCUT2D eigenvalue weighted by Gasteiger charge is -2.16. The molecule has 0 atom stereocenters. The van der Waals surface area contributed by atoms with E-state index in [1.165, 1.54) is 52.3 Å². The van der Waals surface area contributed by atoms with Gasteiger partial charge in [0.05, 0.1) is 7.11 Å². The van der Waals surface area contributed by atoms with Crippen LogP contribution in [0.2, 0.25) is 0 Å². The summed E-state index contributed by atoms with van der Waals surface area (Å²) in [6.07, 6.45) is 3.63. The van der Waals surface area contributed by atoms with E-state index in [1.807, 2.05) is 6.07 Å². The molecule has 0 saturated heterocycles. The monoisotopic (exact) mass is 274 g/mol. The maximum atomic E-state index is 5.61. The third-order valence-electron chi connectivity index (χ3n) is 4.50. The highest BCUT2D eigenvalue weighted by atomic mass is 16.5. The molecule has 0 fully saturated rings. The lowest BCUT2D eigenvalue weighted by Crippen LogP contribution is -1.94. The number of fused-ring (bicyclic) bond motifs is 2. The van der Waals surface area contributed by atoms with Gasteiger partial charge in [-0.15, -0.1) is 0 Å². The van der Waals surface area contributed by atoms with Gasteiger partial charge in [0.25, 0.3) is 0 Å². The first-order valence-electron chi connectivity index (χ1n) is 7.55. The van der Waals surface area contributed by atoms with Crippen LogP contribution in [0, 0.1) is 0 Å². The number of hydrogen-bond acceptors (Lipinski definition) is 1. The van der Waals surface area contributed by atoms with E-state index in [4.69, 9.17) is 4.74 Å². The Hall–Kier alpha value is -2.28. The zero-order chi connectivity index (χ0) is 14.2. The van der Waals surface area contributed by atoms with Crippen molar-refractivity contribution in [2.45, 2.75) is 19.3 Å². The molecule has 0 unspecified atom stereocenters. The second kappa shape index (κ2) is 4.92. The summed E-state index contributed by atoms with van der Waals surface area (Å²) in [6, 6.07) is 19.4. The molecule has 0 amide bonds. The summed E-state index contributed by atoms with van der Waals surface area (Å²) < 4.78 is 5.61. The highest BCUT2D eigenvalue weighted by Gasteiger charge is 2.20. The number of methoxy groups -OCH3 is 1. The Morgan fingerprint density at radius 1 is 0.905 bits per heavy atom. The van der Waals surface area contributed by atoms with E-state index in [2.05, 4.69) is 48.5 Å². The summed E-state index contributed by atoms with van der Waals surface area (Å²) in [5, 5.41) is 2.67. The Bertz CT molecular complexity index is 817. The van der Waals surface area contributed by atoms with E-state index in [0.717, 1.165) is 5.75 Å². The maximum Gasteiger partial charge on any atom is 0.126 e. The fourth-order valence-corrected chi connectivity index (χ4v) is 3.57. The molecule has 1 heteroatoms. The second-order valence-corrected chi connectivity index (χ2v) is 5.66. The van der Waals surface area contributed by atoms with E-state index in [0.29, 0.717) is 0 Å². The number of para-hydroxylation sites is 1. The van der Waals surface area contributed by atoms with E-state index < -0.39 is 0 Å². The molecule has 21 heavy (non-hydrogen) atoms. The van der Waals surface area contributed by atoms with E-state index in [9.17, 15) is 0 Å². The van der Waals surface area contributed by atoms with Crippen molar-refractivity contribution in [3.63, 3.8) is 0 Å². The third-order valence-corrected chi connectivity index (χ3v) is 4.50. The van der Waals surface area contributed by atoms with Crippen LogP contribution in [0.5, 0.6) is 5.75 Å². The van der Waals surface area contributed by atoms with E-state index >= 15 is 0 Å². The van der Waals surface area contributed by atoms with Crippen molar-refractivity contribution in [1.82, 2.24) is 0 Å². The molecule has 0 aromatic heterocycles. The standard InChI is InChI=1S/C20H18O/c1-21-19-12-5-4-10-18(19)20-16-9-3-2-7-14(16)13-15-8-6-11-17(15)20/h2-5,7,9-10,12-13H,6,8,11H2,1H3. The molecule has 3 aromatic rings. The van der Waals surface area contributed by atoms with Crippen LogP contribution in [0.4, 0.5) is 0 Å². The van der Waals surface area contributed by atoms with Gasteiger partial charge in [-0.1, -0.05) is 48.5 Å². The van der Waals surface area contributed by atoms with Gasteiger partial charge in [-0.05, 0) is 52.8 Å². The van der Waals surface area contributed by atoms with Crippen molar-refractivity contribution in [2.75, 3.05) is 7.11 Å². The summed E-state index contributed by atoms with van der Waals surface area (Å²) in [5.41, 5.74) is 5.61. The zero-order valence-electron chi connectivity index (χ0n) is 12.2. The molecule has 1 nitrogen and oxygen atoms in total. The fourth-order valence-electron chi connectivity index (χ4n) is 3.57. The molecule has 0 spiro atoms. The van der Waals surface area contributed by atoms with Gasteiger partial charge in [0.2, 0.25) is 0 Å². The molecule has 0 radical (unpaired) electrons. The molecular weight excluding hydrogens is 256 g/mol. The number of ether oxygens (including phenoxy) is 1. The normalized spacial score (nSPS) is 13.4. The zero-order valence-corrected chi connectivity index (χ0v) is 12.2. The van der Waals surface area contributed by atoms with Gasteiger partial charge >= 0.3 is 0 Å². The quantitative estimate of drug-likeness (QED) is 0.638. The summed E-state index contributed by atoms with van der Waals surface area (Å²) in [7, 11) is 1.75. The van der Waals surface area contributed by atoms with Gasteiger partial charge in [0.15, 0.2) is 0 Å². The van der Waals surface area contributed by atoms with Crippen LogP contribution in [0.1, 0.15) is 17.5 Å². The predicted octanol–water partition coefficient (Wildman–Crippen LogP) is 5.00. The van der Waals surface area contributed by atoms with Crippen LogP contribution in [0.3, 0.4) is 0 Å². The average molecular weight is 274 g/mol. The van der Waals surface area contributed by atoms with Gasteiger partial charge in [0.1, 0.15) is 5.75 Å². The molecule has 3 aromatic carbocycles. The number of aryl methyl sites for hydroxylation is 1. The minimum Gasteiger partial charge on any atom is -0.496 e. The molecule has 4 rings (SSSR count). The highest BCUT2D eigenvalue weighted by Crippen LogP contribution is 2.42. The molecule has 104 valence electrons. The lowest BCUT2D eigenvalue weighted by molar-refractivity contribution is 0.416. The first kappa shape index (κ1) is 12.5. The smallest absolute Gasteiger partial charge is 0.126 e. The van der Waals surface area contributed by atoms with Gasteiger partial charge in [0, 0.05) is 5.56 Å². The van der Waals surface area contributed by atoms with Crippen LogP contribution in [-0.4, -0.2) is 7.11 Å². The van der Waals surface area contributed by atoms with Crippen LogP contribution in [-0.2, 0) is 12.8 Å². The Balaban J connectivity index is 2.12. The van der Waals surface area contributed by atoms with Crippen LogP contribution >= 0.6 is 0 Å². The van der Waals surface area contributed by atoms with Gasteiger partial charge < -0.3 is 4.74 Å². The number of hydrogen-bond donors (Lipinski definition) is 0. The van der Waals surface area contributed by atoms with Gasteiger partial charge in [-0.3, -0.25) is 0 Å². The first-order chi connectivity index (χ1) is 10.4. The van der Waals surface area contributed by atoms with Crippen molar-refractivity contribution < 1.29 is 4.74 Å². The molecule has 1 aliphatic rings. The van der Waals surface area contributed by atoms with Crippen molar-refractivity contribution >= 4 is 10.8 Å². The first-order valence-corrected chi connectivity index (χ1v) is 7.55. The number of rotatable bonds is 2. The van der Waals surface area contributed by atoms with E-state index in [-0.39, 0.29) is 0 Å². The molecule has 0 N–H and O–H groups in total. The topological polar surface area (TPSA) is 9.23 Å². The number of benzene rings is 3. The minimum atomic E-state index is 0.961.